The predicted octanol–water partition coefficient (Wildman–Crippen LogP) is 6.09. The third-order valence-electron chi connectivity index (χ3n) is 7.32. The molecule has 3 unspecified atom stereocenters. The third-order valence-corrected chi connectivity index (χ3v) is 7.32. The first-order valence-electron chi connectivity index (χ1n) is 11.5. The first-order valence-corrected chi connectivity index (χ1v) is 11.5. The number of carbonyl (C=O) groups excluding carboxylic acids is 2. The SMILES string of the molecule is C=CC1=CCC2C(=O)C(c3ccccc3)=CC(=O)C2(c2ccccc2)C1c1ccc(O)c(C)c1. The van der Waals surface area contributed by atoms with E-state index in [4.69, 9.17) is 0 Å². The smallest absolute Gasteiger partial charge is 0.168 e. The number of Topliss-reactive ketones (excluding diaryl/α,β-unsaturated/α-hetero) is 1. The average Bonchev–Trinajstić information content (AvgIpc) is 2.88. The second kappa shape index (κ2) is 8.42. The number of carbonyl (C=O) groups is 2. The number of ketones is 2. The van der Waals surface area contributed by atoms with Crippen molar-refractivity contribution in [2.45, 2.75) is 24.7 Å². The number of hydrogen-bond donors (Lipinski definition) is 1. The maximum absolute atomic E-state index is 14.3. The standard InChI is InChI=1S/C31H26O3/c1-3-21-14-16-26-30(34)25(22-10-6-4-7-11-22)19-28(33)31(26,24-12-8-5-9-13-24)29(21)23-15-17-27(32)20(2)18-23/h3-15,17-19,26,29,32H,1,16H2,2H3. The summed E-state index contributed by atoms with van der Waals surface area (Å²) in [6.45, 7) is 5.88. The number of benzene rings is 3. The van der Waals surface area contributed by atoms with Crippen LogP contribution in [0.4, 0.5) is 0 Å². The quantitative estimate of drug-likeness (QED) is 0.528. The number of aromatic hydroxyl groups is 1. The fraction of sp³-hybridized carbons (Fsp3) is 0.161. The molecule has 3 heteroatoms. The molecule has 168 valence electrons. The lowest BCUT2D eigenvalue weighted by Gasteiger charge is -2.49. The van der Waals surface area contributed by atoms with E-state index in [0.29, 0.717) is 12.0 Å². The van der Waals surface area contributed by atoms with E-state index in [9.17, 15) is 14.7 Å². The van der Waals surface area contributed by atoms with Gasteiger partial charge in [0.15, 0.2) is 11.6 Å². The maximum atomic E-state index is 14.3. The molecule has 0 spiro atoms. The van der Waals surface area contributed by atoms with Crippen LogP contribution in [0.5, 0.6) is 5.75 Å². The van der Waals surface area contributed by atoms with E-state index in [2.05, 4.69) is 6.58 Å². The van der Waals surface area contributed by atoms with Crippen molar-refractivity contribution in [1.29, 1.82) is 0 Å². The highest BCUT2D eigenvalue weighted by Crippen LogP contribution is 2.57. The van der Waals surface area contributed by atoms with Gasteiger partial charge in [-0.3, -0.25) is 9.59 Å². The van der Waals surface area contributed by atoms with Crippen LogP contribution in [0.2, 0.25) is 0 Å². The molecule has 5 rings (SSSR count). The van der Waals surface area contributed by atoms with Gasteiger partial charge >= 0.3 is 0 Å². The molecule has 0 saturated heterocycles. The molecule has 0 radical (unpaired) electrons. The molecular weight excluding hydrogens is 420 g/mol. The molecular formula is C31H26O3. The number of aryl methyl sites for hydroxylation is 1. The lowest BCUT2D eigenvalue weighted by Crippen LogP contribution is -2.54. The van der Waals surface area contributed by atoms with Crippen molar-refractivity contribution in [3.05, 3.63) is 131 Å². The van der Waals surface area contributed by atoms with E-state index in [-0.39, 0.29) is 17.3 Å². The van der Waals surface area contributed by atoms with Crippen molar-refractivity contribution >= 4 is 17.1 Å². The molecule has 3 aromatic carbocycles. The van der Waals surface area contributed by atoms with Crippen LogP contribution >= 0.6 is 0 Å². The second-order valence-electron chi connectivity index (χ2n) is 9.06. The Labute approximate surface area is 199 Å². The molecule has 34 heavy (non-hydrogen) atoms. The third kappa shape index (κ3) is 3.19. The Balaban J connectivity index is 1.82. The molecule has 0 aromatic heterocycles. The summed E-state index contributed by atoms with van der Waals surface area (Å²) in [5.41, 5.74) is 3.48. The Kier molecular flexibility index (Phi) is 5.41. The van der Waals surface area contributed by atoms with Crippen molar-refractivity contribution in [2.75, 3.05) is 0 Å². The van der Waals surface area contributed by atoms with Crippen LogP contribution in [0.1, 0.15) is 34.6 Å². The molecule has 2 aliphatic carbocycles. The summed E-state index contributed by atoms with van der Waals surface area (Å²) in [6, 6.07) is 24.5. The van der Waals surface area contributed by atoms with Crippen molar-refractivity contribution in [3.8, 4) is 5.75 Å². The number of hydrogen-bond acceptors (Lipinski definition) is 3. The Bertz CT molecular complexity index is 1350. The monoisotopic (exact) mass is 446 g/mol. The van der Waals surface area contributed by atoms with Crippen LogP contribution in [0.25, 0.3) is 5.57 Å². The molecule has 0 aliphatic heterocycles. The van der Waals surface area contributed by atoms with Crippen molar-refractivity contribution in [3.63, 3.8) is 0 Å². The Morgan fingerprint density at radius 1 is 0.971 bits per heavy atom. The van der Waals surface area contributed by atoms with Gasteiger partial charge in [0.05, 0.1) is 5.41 Å². The van der Waals surface area contributed by atoms with Gasteiger partial charge in [-0.15, -0.1) is 0 Å². The highest BCUT2D eigenvalue weighted by molar-refractivity contribution is 6.31. The van der Waals surface area contributed by atoms with Gasteiger partial charge in [0.2, 0.25) is 0 Å². The van der Waals surface area contributed by atoms with Gasteiger partial charge in [-0.05, 0) is 53.3 Å². The summed E-state index contributed by atoms with van der Waals surface area (Å²) in [7, 11) is 0. The fourth-order valence-corrected chi connectivity index (χ4v) is 5.74. The lowest BCUT2D eigenvalue weighted by molar-refractivity contribution is -0.131. The van der Waals surface area contributed by atoms with Crippen LogP contribution in [0.15, 0.2) is 109 Å². The molecule has 3 nitrogen and oxygen atoms in total. The van der Waals surface area contributed by atoms with Gasteiger partial charge in [0.25, 0.3) is 0 Å². The maximum Gasteiger partial charge on any atom is 0.168 e. The van der Waals surface area contributed by atoms with Crippen molar-refractivity contribution < 1.29 is 14.7 Å². The fourth-order valence-electron chi connectivity index (χ4n) is 5.74. The van der Waals surface area contributed by atoms with E-state index >= 15 is 0 Å². The Hall–Kier alpha value is -3.98. The summed E-state index contributed by atoms with van der Waals surface area (Å²) in [6.07, 6.45) is 5.85. The van der Waals surface area contributed by atoms with Crippen LogP contribution < -0.4 is 0 Å². The summed E-state index contributed by atoms with van der Waals surface area (Å²) in [5.74, 6) is -0.855. The molecule has 3 aromatic rings. The first kappa shape index (κ1) is 21.8. The van der Waals surface area contributed by atoms with Crippen molar-refractivity contribution in [1.82, 2.24) is 0 Å². The molecule has 0 bridgehead atoms. The zero-order valence-electron chi connectivity index (χ0n) is 19.1. The van der Waals surface area contributed by atoms with E-state index in [1.165, 1.54) is 0 Å². The number of fused-ring (bicyclic) bond motifs is 1. The highest BCUT2D eigenvalue weighted by atomic mass is 16.3. The number of phenolic OH excluding ortho intramolecular Hbond substituents is 1. The van der Waals surface area contributed by atoms with Crippen LogP contribution in [-0.4, -0.2) is 16.7 Å². The van der Waals surface area contributed by atoms with Gasteiger partial charge in [0, 0.05) is 17.4 Å². The van der Waals surface area contributed by atoms with Gasteiger partial charge in [-0.1, -0.05) is 91.5 Å². The van der Waals surface area contributed by atoms with E-state index < -0.39 is 17.3 Å². The zero-order valence-corrected chi connectivity index (χ0v) is 19.1. The molecule has 1 N–H and O–H groups in total. The zero-order chi connectivity index (χ0) is 23.9. The van der Waals surface area contributed by atoms with Crippen molar-refractivity contribution in [2.24, 2.45) is 5.92 Å². The minimum absolute atomic E-state index is 0.0190. The van der Waals surface area contributed by atoms with Crippen LogP contribution in [-0.2, 0) is 15.0 Å². The molecule has 2 aliphatic rings. The Morgan fingerprint density at radius 2 is 1.65 bits per heavy atom. The van der Waals surface area contributed by atoms with Crippen LogP contribution in [0.3, 0.4) is 0 Å². The minimum atomic E-state index is -1.10. The summed E-state index contributed by atoms with van der Waals surface area (Å²) in [5, 5.41) is 10.2. The number of allylic oxidation sites excluding steroid dienone is 5. The lowest BCUT2D eigenvalue weighted by atomic mass is 9.50. The normalized spacial score (nSPS) is 24.1. The topological polar surface area (TPSA) is 54.4 Å². The molecule has 0 heterocycles. The number of phenols is 1. The van der Waals surface area contributed by atoms with Crippen LogP contribution in [0, 0.1) is 12.8 Å². The molecule has 3 atom stereocenters. The number of rotatable bonds is 4. The van der Waals surface area contributed by atoms with E-state index in [1.807, 2.05) is 85.8 Å². The summed E-state index contributed by atoms with van der Waals surface area (Å²) >= 11 is 0. The van der Waals surface area contributed by atoms with E-state index in [1.54, 1.807) is 18.2 Å². The second-order valence-corrected chi connectivity index (χ2v) is 9.06. The average molecular weight is 447 g/mol. The van der Waals surface area contributed by atoms with Gasteiger partial charge in [-0.2, -0.15) is 0 Å². The molecule has 0 fully saturated rings. The predicted molar refractivity (Wildman–Crippen MR) is 135 cm³/mol. The Morgan fingerprint density at radius 3 is 2.29 bits per heavy atom. The largest absolute Gasteiger partial charge is 0.508 e. The highest BCUT2D eigenvalue weighted by Gasteiger charge is 2.59. The molecule has 0 amide bonds. The summed E-state index contributed by atoms with van der Waals surface area (Å²) in [4.78, 5) is 28.4. The van der Waals surface area contributed by atoms with Gasteiger partial charge in [0.1, 0.15) is 5.75 Å². The van der Waals surface area contributed by atoms with Gasteiger partial charge < -0.3 is 5.11 Å². The van der Waals surface area contributed by atoms with Gasteiger partial charge in [-0.25, -0.2) is 0 Å². The van der Waals surface area contributed by atoms with E-state index in [0.717, 1.165) is 27.8 Å². The minimum Gasteiger partial charge on any atom is -0.508 e. The molecule has 0 saturated carbocycles. The first-order chi connectivity index (χ1) is 16.5. The summed E-state index contributed by atoms with van der Waals surface area (Å²) < 4.78 is 0.